The lowest BCUT2D eigenvalue weighted by Gasteiger charge is -2.19. The number of likely N-dealkylation sites (N-methyl/N-ethyl adjacent to an activating group) is 1. The molecular formula is C23H28N4O2. The fraction of sp³-hybridized carbons (Fsp3) is 0.391. The molecular weight excluding hydrogens is 364 g/mol. The average Bonchev–Trinajstić information content (AvgIpc) is 3.31. The number of fused-ring (bicyclic) bond motifs is 1. The third kappa shape index (κ3) is 4.18. The molecule has 6 nitrogen and oxygen atoms in total. The van der Waals surface area contributed by atoms with E-state index in [1.807, 2.05) is 54.9 Å². The predicted molar refractivity (Wildman–Crippen MR) is 113 cm³/mol. The molecule has 1 N–H and O–H groups in total. The van der Waals surface area contributed by atoms with Crippen molar-refractivity contribution >= 4 is 11.6 Å². The Morgan fingerprint density at radius 3 is 2.76 bits per heavy atom. The van der Waals surface area contributed by atoms with E-state index in [4.69, 9.17) is 4.98 Å². The number of hydrogen-bond donors (Lipinski definition) is 1. The van der Waals surface area contributed by atoms with Crippen LogP contribution in [0.4, 0.5) is 0 Å². The Hall–Kier alpha value is -2.70. The van der Waals surface area contributed by atoms with Gasteiger partial charge in [-0.2, -0.15) is 0 Å². The van der Waals surface area contributed by atoms with Gasteiger partial charge in [0.2, 0.25) is 0 Å². The number of aliphatic hydroxyl groups is 1. The molecule has 0 saturated carbocycles. The lowest BCUT2D eigenvalue weighted by molar-refractivity contribution is 0.0789. The number of amides is 1. The van der Waals surface area contributed by atoms with Crippen LogP contribution in [-0.2, 0) is 13.0 Å². The molecule has 1 aliphatic rings. The van der Waals surface area contributed by atoms with Crippen LogP contribution in [0.3, 0.4) is 0 Å². The topological polar surface area (TPSA) is 61.1 Å². The number of rotatable bonds is 6. The minimum Gasteiger partial charge on any atom is -0.392 e. The number of β-amino-alcohol motifs (C(OH)–C–C–N with tert-alkyl or cyclic N) is 1. The first-order valence-electron chi connectivity index (χ1n) is 10.2. The van der Waals surface area contributed by atoms with Gasteiger partial charge in [0.05, 0.1) is 11.8 Å². The minimum absolute atomic E-state index is 0.0567. The maximum atomic E-state index is 13.3. The molecule has 29 heavy (non-hydrogen) atoms. The lowest BCUT2D eigenvalue weighted by Crippen LogP contribution is -2.31. The van der Waals surface area contributed by atoms with E-state index in [1.54, 1.807) is 4.90 Å². The molecule has 152 valence electrons. The van der Waals surface area contributed by atoms with E-state index in [2.05, 4.69) is 17.0 Å². The van der Waals surface area contributed by atoms with Gasteiger partial charge in [-0.1, -0.05) is 36.4 Å². The summed E-state index contributed by atoms with van der Waals surface area (Å²) in [5, 5.41) is 9.89. The van der Waals surface area contributed by atoms with E-state index in [0.717, 1.165) is 36.3 Å². The SMILES string of the molecule is Cc1cccn2c(CN3CC[C@@H](O)C3)c(C(=O)N(C)CCc3ccccc3)nc12. The molecule has 1 amide bonds. The molecule has 2 aromatic heterocycles. The van der Waals surface area contributed by atoms with E-state index < -0.39 is 0 Å². The third-order valence-electron chi connectivity index (χ3n) is 5.69. The number of aryl methyl sites for hydroxylation is 1. The highest BCUT2D eigenvalue weighted by atomic mass is 16.3. The van der Waals surface area contributed by atoms with E-state index in [9.17, 15) is 9.90 Å². The van der Waals surface area contributed by atoms with Gasteiger partial charge in [-0.3, -0.25) is 9.69 Å². The van der Waals surface area contributed by atoms with Gasteiger partial charge in [0, 0.05) is 39.4 Å². The number of carbonyl (C=O) groups excluding carboxylic acids is 1. The number of likely N-dealkylation sites (tertiary alicyclic amines) is 1. The van der Waals surface area contributed by atoms with Crippen LogP contribution in [-0.4, -0.2) is 63.0 Å². The van der Waals surface area contributed by atoms with Crippen molar-refractivity contribution in [2.24, 2.45) is 0 Å². The molecule has 3 heterocycles. The summed E-state index contributed by atoms with van der Waals surface area (Å²) in [6.07, 6.45) is 3.26. The Balaban J connectivity index is 1.60. The van der Waals surface area contributed by atoms with Crippen LogP contribution < -0.4 is 0 Å². The number of imidazole rings is 1. The molecule has 6 heteroatoms. The van der Waals surface area contributed by atoms with Gasteiger partial charge in [0.1, 0.15) is 5.65 Å². The first-order valence-corrected chi connectivity index (χ1v) is 10.2. The summed E-state index contributed by atoms with van der Waals surface area (Å²) in [6, 6.07) is 14.2. The quantitative estimate of drug-likeness (QED) is 0.700. The Labute approximate surface area is 171 Å². The van der Waals surface area contributed by atoms with Crippen LogP contribution in [0, 0.1) is 6.92 Å². The smallest absolute Gasteiger partial charge is 0.274 e. The van der Waals surface area contributed by atoms with Crippen molar-refractivity contribution in [1.82, 2.24) is 19.2 Å². The first kappa shape index (κ1) is 19.6. The monoisotopic (exact) mass is 392 g/mol. The standard InChI is InChI=1S/C23H28N4O2/c1-17-7-6-12-27-20(16-26-14-11-19(28)15-26)21(24-22(17)27)23(29)25(2)13-10-18-8-4-3-5-9-18/h3-9,12,19,28H,10-11,13-16H2,1-2H3/t19-/m1/s1. The second-order valence-corrected chi connectivity index (χ2v) is 7.93. The van der Waals surface area contributed by atoms with Gasteiger partial charge < -0.3 is 14.4 Å². The van der Waals surface area contributed by atoms with Crippen LogP contribution in [0.5, 0.6) is 0 Å². The predicted octanol–water partition coefficient (Wildman–Crippen LogP) is 2.52. The summed E-state index contributed by atoms with van der Waals surface area (Å²) < 4.78 is 2.03. The Morgan fingerprint density at radius 2 is 2.03 bits per heavy atom. The number of aliphatic hydroxyl groups excluding tert-OH is 1. The van der Waals surface area contributed by atoms with Crippen LogP contribution in [0.25, 0.3) is 5.65 Å². The maximum Gasteiger partial charge on any atom is 0.274 e. The fourth-order valence-electron chi connectivity index (χ4n) is 3.97. The van der Waals surface area contributed by atoms with E-state index in [-0.39, 0.29) is 12.0 Å². The van der Waals surface area contributed by atoms with Gasteiger partial charge in [-0.05, 0) is 37.0 Å². The van der Waals surface area contributed by atoms with E-state index in [1.165, 1.54) is 5.56 Å². The highest BCUT2D eigenvalue weighted by Crippen LogP contribution is 2.21. The molecule has 0 radical (unpaired) electrons. The van der Waals surface area contributed by atoms with Crippen molar-refractivity contribution in [3.63, 3.8) is 0 Å². The van der Waals surface area contributed by atoms with Crippen molar-refractivity contribution in [3.05, 3.63) is 71.2 Å². The molecule has 0 spiro atoms. The summed E-state index contributed by atoms with van der Waals surface area (Å²) in [6.45, 7) is 4.72. The lowest BCUT2D eigenvalue weighted by atomic mass is 10.1. The number of benzene rings is 1. The highest BCUT2D eigenvalue weighted by molar-refractivity contribution is 5.94. The number of hydrogen-bond acceptors (Lipinski definition) is 4. The van der Waals surface area contributed by atoms with Gasteiger partial charge in [-0.25, -0.2) is 4.98 Å². The summed E-state index contributed by atoms with van der Waals surface area (Å²) in [4.78, 5) is 22.0. The molecule has 1 fully saturated rings. The van der Waals surface area contributed by atoms with E-state index >= 15 is 0 Å². The molecule has 1 atom stereocenters. The van der Waals surface area contributed by atoms with Crippen molar-refractivity contribution in [3.8, 4) is 0 Å². The zero-order valence-corrected chi connectivity index (χ0v) is 17.1. The zero-order chi connectivity index (χ0) is 20.4. The molecule has 0 aliphatic carbocycles. The van der Waals surface area contributed by atoms with Crippen molar-refractivity contribution in [2.45, 2.75) is 32.4 Å². The molecule has 0 bridgehead atoms. The molecule has 1 aromatic carbocycles. The Kier molecular flexibility index (Phi) is 5.65. The molecule has 1 aliphatic heterocycles. The number of pyridine rings is 1. The normalized spacial score (nSPS) is 17.1. The molecule has 1 saturated heterocycles. The maximum absolute atomic E-state index is 13.3. The molecule has 3 aromatic rings. The van der Waals surface area contributed by atoms with Crippen molar-refractivity contribution < 1.29 is 9.90 Å². The van der Waals surface area contributed by atoms with Gasteiger partial charge in [-0.15, -0.1) is 0 Å². The Bertz CT molecular complexity index is 999. The van der Waals surface area contributed by atoms with Crippen LogP contribution in [0.2, 0.25) is 0 Å². The number of nitrogens with zero attached hydrogens (tertiary/aromatic N) is 4. The minimum atomic E-state index is -0.288. The average molecular weight is 393 g/mol. The number of carbonyl (C=O) groups is 1. The summed E-state index contributed by atoms with van der Waals surface area (Å²) in [5.41, 5.74) is 4.48. The van der Waals surface area contributed by atoms with Gasteiger partial charge >= 0.3 is 0 Å². The first-order chi connectivity index (χ1) is 14.0. The van der Waals surface area contributed by atoms with Gasteiger partial charge in [0.15, 0.2) is 5.69 Å². The van der Waals surface area contributed by atoms with E-state index in [0.29, 0.717) is 25.3 Å². The summed E-state index contributed by atoms with van der Waals surface area (Å²) >= 11 is 0. The fourth-order valence-corrected chi connectivity index (χ4v) is 3.97. The van der Waals surface area contributed by atoms with Crippen molar-refractivity contribution in [2.75, 3.05) is 26.7 Å². The summed E-state index contributed by atoms with van der Waals surface area (Å²) in [7, 11) is 1.84. The third-order valence-corrected chi connectivity index (χ3v) is 5.69. The number of aromatic nitrogens is 2. The summed E-state index contributed by atoms with van der Waals surface area (Å²) in [5.74, 6) is -0.0567. The largest absolute Gasteiger partial charge is 0.392 e. The second-order valence-electron chi connectivity index (χ2n) is 7.93. The van der Waals surface area contributed by atoms with Crippen molar-refractivity contribution in [1.29, 1.82) is 0 Å². The Morgan fingerprint density at radius 1 is 1.24 bits per heavy atom. The molecule has 4 rings (SSSR count). The second kappa shape index (κ2) is 8.35. The van der Waals surface area contributed by atoms with Gasteiger partial charge in [0.25, 0.3) is 5.91 Å². The highest BCUT2D eigenvalue weighted by Gasteiger charge is 2.27. The molecule has 0 unspecified atom stereocenters. The van der Waals surface area contributed by atoms with Crippen LogP contribution in [0.1, 0.15) is 33.7 Å². The van der Waals surface area contributed by atoms with Crippen LogP contribution in [0.15, 0.2) is 48.7 Å². The van der Waals surface area contributed by atoms with Crippen LogP contribution >= 0.6 is 0 Å². The zero-order valence-electron chi connectivity index (χ0n) is 17.1.